The molecule has 0 bridgehead atoms. The van der Waals surface area contributed by atoms with Gasteiger partial charge < -0.3 is 15.0 Å². The minimum Gasteiger partial charge on any atom is -0.396 e. The number of hydrogen-bond donors (Lipinski definition) is 2. The molecule has 1 aromatic heterocycles. The molecule has 0 saturated carbocycles. The molecule has 0 atom stereocenters. The first-order valence-corrected chi connectivity index (χ1v) is 5.50. The van der Waals surface area contributed by atoms with Crippen LogP contribution in [0.15, 0.2) is 10.9 Å². The fourth-order valence-corrected chi connectivity index (χ4v) is 1.59. The third-order valence-electron chi connectivity index (χ3n) is 2.32. The van der Waals surface area contributed by atoms with Crippen LogP contribution in [0.25, 0.3) is 0 Å². The number of aliphatic hydroxyl groups excluding tert-OH is 1. The molecule has 0 aliphatic rings. The number of aryl methyl sites for hydroxylation is 1. The Morgan fingerprint density at radius 1 is 1.56 bits per heavy atom. The fraction of sp³-hybridized carbons (Fsp3) is 0.636. The number of rotatable bonds is 5. The number of aromatic amines is 1. The Labute approximate surface area is 95.1 Å². The van der Waals surface area contributed by atoms with Crippen molar-refractivity contribution in [2.24, 2.45) is 0 Å². The smallest absolute Gasteiger partial charge is 0.252 e. The highest BCUT2D eigenvalue weighted by Crippen LogP contribution is 2.12. The average molecular weight is 225 g/mol. The van der Waals surface area contributed by atoms with Crippen LogP contribution >= 0.6 is 0 Å². The van der Waals surface area contributed by atoms with E-state index in [0.717, 1.165) is 0 Å². The van der Waals surface area contributed by atoms with E-state index >= 15 is 0 Å². The quantitative estimate of drug-likeness (QED) is 0.773. The van der Waals surface area contributed by atoms with Gasteiger partial charge in [-0.2, -0.15) is 0 Å². The van der Waals surface area contributed by atoms with Crippen LogP contribution in [0.1, 0.15) is 26.1 Å². The number of nitrogens with zero attached hydrogens (tertiary/aromatic N) is 2. The summed E-state index contributed by atoms with van der Waals surface area (Å²) in [6, 6.07) is 1.74. The van der Waals surface area contributed by atoms with E-state index in [2.05, 4.69) is 9.97 Å². The van der Waals surface area contributed by atoms with Crippen LogP contribution in [0.3, 0.4) is 0 Å². The highest BCUT2D eigenvalue weighted by Gasteiger charge is 2.12. The first-order chi connectivity index (χ1) is 7.54. The second-order valence-corrected chi connectivity index (χ2v) is 4.05. The topological polar surface area (TPSA) is 69.2 Å². The van der Waals surface area contributed by atoms with Gasteiger partial charge in [0, 0.05) is 25.3 Å². The summed E-state index contributed by atoms with van der Waals surface area (Å²) in [6.45, 7) is 6.68. The van der Waals surface area contributed by atoms with Crippen molar-refractivity contribution in [3.05, 3.63) is 22.2 Å². The molecular weight excluding hydrogens is 206 g/mol. The number of aliphatic hydroxyl groups is 1. The zero-order chi connectivity index (χ0) is 12.1. The Morgan fingerprint density at radius 2 is 2.25 bits per heavy atom. The van der Waals surface area contributed by atoms with Gasteiger partial charge in [0.15, 0.2) is 0 Å². The van der Waals surface area contributed by atoms with Crippen LogP contribution in [0.4, 0.5) is 5.82 Å². The van der Waals surface area contributed by atoms with Crippen LogP contribution in [0.5, 0.6) is 0 Å². The van der Waals surface area contributed by atoms with Crippen LogP contribution < -0.4 is 10.5 Å². The van der Waals surface area contributed by atoms with Gasteiger partial charge in [-0.1, -0.05) is 0 Å². The molecule has 0 aromatic carbocycles. The summed E-state index contributed by atoms with van der Waals surface area (Å²) in [6.07, 6.45) is 0.672. The van der Waals surface area contributed by atoms with Crippen molar-refractivity contribution in [3.8, 4) is 0 Å². The Morgan fingerprint density at radius 3 is 2.75 bits per heavy atom. The van der Waals surface area contributed by atoms with Crippen molar-refractivity contribution < 1.29 is 5.11 Å². The monoisotopic (exact) mass is 225 g/mol. The first-order valence-electron chi connectivity index (χ1n) is 5.50. The van der Waals surface area contributed by atoms with Gasteiger partial charge in [-0.05, 0) is 27.2 Å². The third-order valence-corrected chi connectivity index (χ3v) is 2.32. The Bertz CT molecular complexity index is 387. The lowest BCUT2D eigenvalue weighted by Crippen LogP contribution is -2.34. The summed E-state index contributed by atoms with van der Waals surface area (Å²) in [5.41, 5.74) is -0.142. The lowest BCUT2D eigenvalue weighted by Gasteiger charge is -2.27. The maximum atomic E-state index is 11.3. The normalized spacial score (nSPS) is 10.8. The second kappa shape index (κ2) is 5.65. The summed E-state index contributed by atoms with van der Waals surface area (Å²) >= 11 is 0. The molecule has 90 valence electrons. The highest BCUT2D eigenvalue weighted by molar-refractivity contribution is 5.38. The van der Waals surface area contributed by atoms with Gasteiger partial charge in [-0.3, -0.25) is 4.79 Å². The van der Waals surface area contributed by atoms with E-state index in [0.29, 0.717) is 24.6 Å². The molecule has 5 heteroatoms. The molecular formula is C11H19N3O2. The van der Waals surface area contributed by atoms with Gasteiger partial charge in [0.1, 0.15) is 11.6 Å². The average Bonchev–Trinajstić information content (AvgIpc) is 2.16. The molecule has 0 saturated heterocycles. The van der Waals surface area contributed by atoms with Crippen molar-refractivity contribution in [1.82, 2.24) is 9.97 Å². The second-order valence-electron chi connectivity index (χ2n) is 4.05. The van der Waals surface area contributed by atoms with E-state index in [-0.39, 0.29) is 18.2 Å². The summed E-state index contributed by atoms with van der Waals surface area (Å²) in [7, 11) is 0. The maximum Gasteiger partial charge on any atom is 0.252 e. The van der Waals surface area contributed by atoms with Gasteiger partial charge >= 0.3 is 0 Å². The van der Waals surface area contributed by atoms with E-state index in [1.54, 1.807) is 6.92 Å². The van der Waals surface area contributed by atoms with E-state index in [4.69, 9.17) is 5.11 Å². The van der Waals surface area contributed by atoms with Crippen molar-refractivity contribution >= 4 is 5.82 Å². The molecule has 1 rings (SSSR count). The highest BCUT2D eigenvalue weighted by atomic mass is 16.3. The lowest BCUT2D eigenvalue weighted by atomic mass is 10.3. The molecule has 0 fully saturated rings. The van der Waals surface area contributed by atoms with Crippen molar-refractivity contribution in [3.63, 3.8) is 0 Å². The van der Waals surface area contributed by atoms with Gasteiger partial charge in [0.2, 0.25) is 0 Å². The summed E-state index contributed by atoms with van der Waals surface area (Å²) in [4.78, 5) is 20.3. The molecule has 0 radical (unpaired) electrons. The number of aromatic nitrogens is 2. The molecule has 0 spiro atoms. The van der Waals surface area contributed by atoms with Gasteiger partial charge in [-0.25, -0.2) is 4.98 Å². The number of nitrogens with one attached hydrogen (secondary N) is 1. The molecule has 0 amide bonds. The van der Waals surface area contributed by atoms with E-state index in [1.807, 2.05) is 18.7 Å². The maximum absolute atomic E-state index is 11.3. The van der Waals surface area contributed by atoms with Crippen LogP contribution in [0.2, 0.25) is 0 Å². The van der Waals surface area contributed by atoms with Crippen LogP contribution in [-0.4, -0.2) is 34.3 Å². The number of anilines is 1. The number of H-pyrrole nitrogens is 1. The minimum absolute atomic E-state index is 0.142. The lowest BCUT2D eigenvalue weighted by molar-refractivity contribution is 0.288. The van der Waals surface area contributed by atoms with Gasteiger partial charge in [-0.15, -0.1) is 0 Å². The Balaban J connectivity index is 2.96. The zero-order valence-electron chi connectivity index (χ0n) is 10.0. The molecule has 1 aromatic rings. The molecule has 5 nitrogen and oxygen atoms in total. The van der Waals surface area contributed by atoms with E-state index < -0.39 is 0 Å². The SMILES string of the molecule is Cc1nc(N(CCCO)C(C)C)cc(=O)[nH]1. The van der Waals surface area contributed by atoms with Crippen molar-refractivity contribution in [2.45, 2.75) is 33.2 Å². The van der Waals surface area contributed by atoms with Crippen molar-refractivity contribution in [1.29, 1.82) is 0 Å². The molecule has 2 N–H and O–H groups in total. The van der Waals surface area contributed by atoms with E-state index in [1.165, 1.54) is 6.07 Å². The predicted octanol–water partition coefficient (Wildman–Crippen LogP) is 0.676. The minimum atomic E-state index is -0.142. The molecule has 0 aliphatic heterocycles. The predicted molar refractivity (Wildman–Crippen MR) is 63.8 cm³/mol. The summed E-state index contributed by atoms with van der Waals surface area (Å²) in [5.74, 6) is 1.28. The first kappa shape index (κ1) is 12.7. The van der Waals surface area contributed by atoms with Crippen molar-refractivity contribution in [2.75, 3.05) is 18.1 Å². The molecule has 16 heavy (non-hydrogen) atoms. The third kappa shape index (κ3) is 3.34. The van der Waals surface area contributed by atoms with Crippen LogP contribution in [0, 0.1) is 6.92 Å². The summed E-state index contributed by atoms with van der Waals surface area (Å²) < 4.78 is 0. The van der Waals surface area contributed by atoms with Gasteiger partial charge in [0.05, 0.1) is 0 Å². The van der Waals surface area contributed by atoms with Gasteiger partial charge in [0.25, 0.3) is 5.56 Å². The van der Waals surface area contributed by atoms with E-state index in [9.17, 15) is 4.79 Å². The standard InChI is InChI=1S/C11H19N3O2/c1-8(2)14(5-4-6-15)10-7-11(16)13-9(3)12-10/h7-8,15H,4-6H2,1-3H3,(H,12,13,16). The van der Waals surface area contributed by atoms with Crippen LogP contribution in [-0.2, 0) is 0 Å². The Hall–Kier alpha value is -1.36. The largest absolute Gasteiger partial charge is 0.396 e. The molecule has 0 unspecified atom stereocenters. The fourth-order valence-electron chi connectivity index (χ4n) is 1.59. The Kier molecular flexibility index (Phi) is 4.49. The zero-order valence-corrected chi connectivity index (χ0v) is 10.0. The molecule has 0 aliphatic carbocycles. The molecule has 1 heterocycles. The summed E-state index contributed by atoms with van der Waals surface area (Å²) in [5, 5.41) is 8.84. The number of hydrogen-bond acceptors (Lipinski definition) is 4.